The average Bonchev–Trinajstić information content (AvgIpc) is 3.30. The Morgan fingerprint density at radius 3 is 2.45 bits per heavy atom. The third-order valence-electron chi connectivity index (χ3n) is 4.91. The van der Waals surface area contributed by atoms with Crippen LogP contribution in [0.4, 0.5) is 0 Å². The van der Waals surface area contributed by atoms with Crippen molar-refractivity contribution in [3.05, 3.63) is 100 Å². The molecule has 0 aliphatic heterocycles. The van der Waals surface area contributed by atoms with Crippen LogP contribution >= 0.6 is 11.3 Å². The molecule has 0 aliphatic rings. The first kappa shape index (κ1) is 20.6. The molecule has 31 heavy (non-hydrogen) atoms. The zero-order valence-corrected chi connectivity index (χ0v) is 17.5. The van der Waals surface area contributed by atoms with Crippen LogP contribution in [0.1, 0.15) is 20.8 Å². The fraction of sp³-hybridized carbons (Fsp3) is 0.120. The van der Waals surface area contributed by atoms with Gasteiger partial charge in [-0.25, -0.2) is 4.79 Å². The third kappa shape index (κ3) is 5.29. The second kappa shape index (κ2) is 9.45. The highest BCUT2D eigenvalue weighted by Crippen LogP contribution is 2.23. The average molecular weight is 432 g/mol. The third-order valence-corrected chi connectivity index (χ3v) is 5.81. The lowest BCUT2D eigenvalue weighted by Gasteiger charge is -2.14. The van der Waals surface area contributed by atoms with Crippen LogP contribution in [0, 0.1) is 0 Å². The Morgan fingerprint density at radius 2 is 1.71 bits per heavy atom. The summed E-state index contributed by atoms with van der Waals surface area (Å²) in [4.78, 5) is 25.2. The summed E-state index contributed by atoms with van der Waals surface area (Å²) < 4.78 is 5.86. The predicted molar refractivity (Wildman–Crippen MR) is 122 cm³/mol. The van der Waals surface area contributed by atoms with E-state index in [0.717, 1.165) is 27.0 Å². The lowest BCUT2D eigenvalue weighted by Crippen LogP contribution is -2.42. The van der Waals surface area contributed by atoms with Gasteiger partial charge in [0, 0.05) is 16.9 Å². The zero-order valence-electron chi connectivity index (χ0n) is 16.7. The molecule has 0 saturated heterocycles. The molecule has 0 unspecified atom stereocenters. The van der Waals surface area contributed by atoms with Crippen molar-refractivity contribution in [3.63, 3.8) is 0 Å². The number of rotatable bonds is 8. The van der Waals surface area contributed by atoms with E-state index in [9.17, 15) is 14.7 Å². The molecule has 3 aromatic carbocycles. The predicted octanol–water partition coefficient (Wildman–Crippen LogP) is 4.91. The maximum Gasteiger partial charge on any atom is 0.326 e. The number of hydrogen-bond donors (Lipinski definition) is 2. The van der Waals surface area contributed by atoms with E-state index in [1.807, 2.05) is 72.1 Å². The maximum absolute atomic E-state index is 12.7. The van der Waals surface area contributed by atoms with E-state index < -0.39 is 17.9 Å². The topological polar surface area (TPSA) is 75.6 Å². The summed E-state index contributed by atoms with van der Waals surface area (Å²) in [6.07, 6.45) is 0.258. The summed E-state index contributed by atoms with van der Waals surface area (Å²) >= 11 is 1.47. The molecule has 0 spiro atoms. The molecular formula is C25H21NO4S. The van der Waals surface area contributed by atoms with Crippen molar-refractivity contribution in [2.24, 2.45) is 0 Å². The van der Waals surface area contributed by atoms with E-state index in [2.05, 4.69) is 5.32 Å². The monoisotopic (exact) mass is 431 g/mol. The van der Waals surface area contributed by atoms with Crippen LogP contribution in [0.15, 0.2) is 84.2 Å². The molecule has 4 aromatic rings. The fourth-order valence-corrected chi connectivity index (χ4v) is 4.02. The molecule has 156 valence electrons. The molecular weight excluding hydrogens is 410 g/mol. The molecule has 1 aromatic heterocycles. The lowest BCUT2D eigenvalue weighted by atomic mass is 10.1. The number of amides is 1. The van der Waals surface area contributed by atoms with Crippen molar-refractivity contribution in [1.82, 2.24) is 5.32 Å². The van der Waals surface area contributed by atoms with Gasteiger partial charge in [-0.2, -0.15) is 0 Å². The SMILES string of the molecule is O=C(N[C@@H](Cc1cccs1)C(=O)O)c1ccc2cc(OCc3ccccc3)ccc2c1. The number of carbonyl (C=O) groups excluding carboxylic acids is 1. The van der Waals surface area contributed by atoms with Crippen LogP contribution in [0.3, 0.4) is 0 Å². The first-order chi connectivity index (χ1) is 15.1. The number of nitrogens with one attached hydrogen (secondary N) is 1. The van der Waals surface area contributed by atoms with Crippen molar-refractivity contribution in [1.29, 1.82) is 0 Å². The summed E-state index contributed by atoms with van der Waals surface area (Å²) in [6, 6.07) is 23.7. The molecule has 1 heterocycles. The Kier molecular flexibility index (Phi) is 6.29. The van der Waals surface area contributed by atoms with Gasteiger partial charge < -0.3 is 15.2 Å². The number of hydrogen-bond acceptors (Lipinski definition) is 4. The number of fused-ring (bicyclic) bond motifs is 1. The normalized spacial score (nSPS) is 11.7. The zero-order chi connectivity index (χ0) is 21.6. The fourth-order valence-electron chi connectivity index (χ4n) is 3.27. The minimum atomic E-state index is -1.05. The first-order valence-electron chi connectivity index (χ1n) is 9.85. The number of thiophene rings is 1. The Balaban J connectivity index is 1.45. The number of benzene rings is 3. The van der Waals surface area contributed by atoms with Crippen molar-refractivity contribution < 1.29 is 19.4 Å². The summed E-state index contributed by atoms with van der Waals surface area (Å²) in [6.45, 7) is 0.480. The van der Waals surface area contributed by atoms with E-state index in [4.69, 9.17) is 4.74 Å². The van der Waals surface area contributed by atoms with Crippen molar-refractivity contribution >= 4 is 34.0 Å². The van der Waals surface area contributed by atoms with E-state index in [1.54, 1.807) is 12.1 Å². The second-order valence-electron chi connectivity index (χ2n) is 7.15. The van der Waals surface area contributed by atoms with Gasteiger partial charge >= 0.3 is 5.97 Å². The van der Waals surface area contributed by atoms with E-state index in [-0.39, 0.29) is 6.42 Å². The Bertz CT molecular complexity index is 1190. The standard InChI is InChI=1S/C25H21NO4S/c27-24(26-23(25(28)29)15-22-7-4-12-31-22)20-9-8-19-14-21(11-10-18(19)13-20)30-16-17-5-2-1-3-6-17/h1-14,23H,15-16H2,(H,26,27)(H,28,29)/t23-/m0/s1. The number of carbonyl (C=O) groups is 2. The highest BCUT2D eigenvalue weighted by Gasteiger charge is 2.21. The van der Waals surface area contributed by atoms with Crippen molar-refractivity contribution in [2.75, 3.05) is 0 Å². The van der Waals surface area contributed by atoms with E-state index in [1.165, 1.54) is 11.3 Å². The number of carboxylic acids is 1. The number of carboxylic acid groups (broad SMARTS) is 1. The molecule has 0 aliphatic carbocycles. The van der Waals surface area contributed by atoms with Crippen LogP contribution in [0.2, 0.25) is 0 Å². The Hall–Kier alpha value is -3.64. The number of aliphatic carboxylic acids is 1. The number of ether oxygens (including phenoxy) is 1. The smallest absolute Gasteiger partial charge is 0.326 e. The van der Waals surface area contributed by atoms with Crippen LogP contribution < -0.4 is 10.1 Å². The molecule has 5 nitrogen and oxygen atoms in total. The van der Waals surface area contributed by atoms with Gasteiger partial charge in [-0.3, -0.25) is 4.79 Å². The van der Waals surface area contributed by atoms with E-state index >= 15 is 0 Å². The Morgan fingerprint density at radius 1 is 0.935 bits per heavy atom. The van der Waals surface area contributed by atoms with Crippen molar-refractivity contribution in [2.45, 2.75) is 19.1 Å². The van der Waals surface area contributed by atoms with Gasteiger partial charge in [0.1, 0.15) is 18.4 Å². The lowest BCUT2D eigenvalue weighted by molar-refractivity contribution is -0.139. The van der Waals surface area contributed by atoms with Gasteiger partial charge in [0.25, 0.3) is 5.91 Å². The van der Waals surface area contributed by atoms with Gasteiger partial charge in [0.2, 0.25) is 0 Å². The second-order valence-corrected chi connectivity index (χ2v) is 8.18. The summed E-state index contributed by atoms with van der Waals surface area (Å²) in [7, 11) is 0. The molecule has 0 saturated carbocycles. The largest absolute Gasteiger partial charge is 0.489 e. The summed E-state index contributed by atoms with van der Waals surface area (Å²) in [5.74, 6) is -0.714. The van der Waals surface area contributed by atoms with E-state index in [0.29, 0.717) is 12.2 Å². The Labute approximate surface area is 183 Å². The van der Waals surface area contributed by atoms with Crippen molar-refractivity contribution in [3.8, 4) is 5.75 Å². The van der Waals surface area contributed by atoms with Crippen LogP contribution in [-0.2, 0) is 17.8 Å². The van der Waals surface area contributed by atoms with Gasteiger partial charge in [0.15, 0.2) is 0 Å². The summed E-state index contributed by atoms with van der Waals surface area (Å²) in [5, 5.41) is 15.8. The first-order valence-corrected chi connectivity index (χ1v) is 10.7. The highest BCUT2D eigenvalue weighted by molar-refractivity contribution is 7.09. The maximum atomic E-state index is 12.7. The molecule has 1 atom stereocenters. The quantitative estimate of drug-likeness (QED) is 0.416. The van der Waals surface area contributed by atoms with Gasteiger partial charge in [-0.05, 0) is 52.0 Å². The molecule has 0 radical (unpaired) electrons. The molecule has 1 amide bonds. The van der Waals surface area contributed by atoms with Crippen LogP contribution in [0.25, 0.3) is 10.8 Å². The molecule has 0 bridgehead atoms. The molecule has 2 N–H and O–H groups in total. The summed E-state index contributed by atoms with van der Waals surface area (Å²) in [5.41, 5.74) is 1.51. The molecule has 0 fully saturated rings. The van der Waals surface area contributed by atoms with Gasteiger partial charge in [-0.1, -0.05) is 48.5 Å². The minimum Gasteiger partial charge on any atom is -0.489 e. The molecule has 4 rings (SSSR count). The van der Waals surface area contributed by atoms with Gasteiger partial charge in [-0.15, -0.1) is 11.3 Å². The highest BCUT2D eigenvalue weighted by atomic mass is 32.1. The van der Waals surface area contributed by atoms with Crippen LogP contribution in [0.5, 0.6) is 5.75 Å². The molecule has 6 heteroatoms. The van der Waals surface area contributed by atoms with Crippen LogP contribution in [-0.4, -0.2) is 23.0 Å². The minimum absolute atomic E-state index is 0.258. The van der Waals surface area contributed by atoms with Gasteiger partial charge in [0.05, 0.1) is 0 Å².